The molecule has 154 valence electrons. The first-order chi connectivity index (χ1) is 12.9. The van der Waals surface area contributed by atoms with E-state index in [0.717, 1.165) is 19.1 Å². The van der Waals surface area contributed by atoms with Gasteiger partial charge >= 0.3 is 0 Å². The molecule has 0 bridgehead atoms. The first-order valence-corrected chi connectivity index (χ1v) is 10.6. The maximum atomic E-state index is 13.2. The van der Waals surface area contributed by atoms with Gasteiger partial charge in [-0.2, -0.15) is 0 Å². The number of amides is 2. The molecule has 27 heavy (non-hydrogen) atoms. The molecule has 2 aliphatic rings. The quantitative estimate of drug-likeness (QED) is 0.657. The van der Waals surface area contributed by atoms with E-state index in [-0.39, 0.29) is 17.7 Å². The van der Waals surface area contributed by atoms with Gasteiger partial charge in [-0.3, -0.25) is 9.59 Å². The number of carbonyl (C=O) groups excluding carboxylic acids is 3. The van der Waals surface area contributed by atoms with Crippen LogP contribution in [0.1, 0.15) is 72.1 Å². The molecule has 0 aromatic carbocycles. The Morgan fingerprint density at radius 2 is 1.74 bits per heavy atom. The summed E-state index contributed by atoms with van der Waals surface area (Å²) in [6.07, 6.45) is 9.07. The van der Waals surface area contributed by atoms with Crippen molar-refractivity contribution in [2.75, 3.05) is 13.2 Å². The first kappa shape index (κ1) is 21.9. The molecule has 0 aromatic heterocycles. The Morgan fingerprint density at radius 3 is 2.37 bits per heavy atom. The SMILES string of the molecule is CC(C)C(=O)NC(C(=O)N1CCCCC1C=O)C(C)OCC1CCCCC1. The lowest BCUT2D eigenvalue weighted by Gasteiger charge is -2.37. The van der Waals surface area contributed by atoms with Crippen molar-refractivity contribution in [1.29, 1.82) is 0 Å². The van der Waals surface area contributed by atoms with Gasteiger partial charge in [0.15, 0.2) is 0 Å². The Balaban J connectivity index is 2.05. The smallest absolute Gasteiger partial charge is 0.248 e. The van der Waals surface area contributed by atoms with E-state index in [2.05, 4.69) is 5.32 Å². The summed E-state index contributed by atoms with van der Waals surface area (Å²) in [4.78, 5) is 38.5. The average molecular weight is 381 g/mol. The Labute approximate surface area is 163 Å². The number of piperidine rings is 1. The second-order valence-corrected chi connectivity index (χ2v) is 8.41. The van der Waals surface area contributed by atoms with E-state index >= 15 is 0 Å². The van der Waals surface area contributed by atoms with E-state index in [1.807, 2.05) is 6.92 Å². The molecule has 2 rings (SSSR count). The number of hydrogen-bond acceptors (Lipinski definition) is 4. The van der Waals surface area contributed by atoms with Gasteiger partial charge in [0.25, 0.3) is 0 Å². The fourth-order valence-electron chi connectivity index (χ4n) is 3.99. The Kier molecular flexibility index (Phi) is 8.74. The van der Waals surface area contributed by atoms with E-state index in [9.17, 15) is 14.4 Å². The summed E-state index contributed by atoms with van der Waals surface area (Å²) in [5, 5.41) is 2.87. The third-order valence-corrected chi connectivity index (χ3v) is 5.87. The minimum Gasteiger partial charge on any atom is -0.376 e. The summed E-state index contributed by atoms with van der Waals surface area (Å²) in [5.74, 6) is -0.0393. The lowest BCUT2D eigenvalue weighted by molar-refractivity contribution is -0.146. The number of likely N-dealkylation sites (tertiary alicyclic amines) is 1. The lowest BCUT2D eigenvalue weighted by Crippen LogP contribution is -2.58. The summed E-state index contributed by atoms with van der Waals surface area (Å²) in [7, 11) is 0. The fraction of sp³-hybridized carbons (Fsp3) is 0.857. The van der Waals surface area contributed by atoms with Crippen molar-refractivity contribution in [2.24, 2.45) is 11.8 Å². The zero-order valence-electron chi connectivity index (χ0n) is 17.1. The van der Waals surface area contributed by atoms with Crippen LogP contribution >= 0.6 is 0 Å². The fourth-order valence-corrected chi connectivity index (χ4v) is 3.99. The molecule has 0 radical (unpaired) electrons. The summed E-state index contributed by atoms with van der Waals surface area (Å²) in [6.45, 7) is 6.65. The Hall–Kier alpha value is -1.43. The highest BCUT2D eigenvalue weighted by atomic mass is 16.5. The number of nitrogens with zero attached hydrogens (tertiary/aromatic N) is 1. The van der Waals surface area contributed by atoms with Crippen LogP contribution in [-0.2, 0) is 19.1 Å². The minimum atomic E-state index is -0.746. The van der Waals surface area contributed by atoms with Crippen molar-refractivity contribution in [1.82, 2.24) is 10.2 Å². The van der Waals surface area contributed by atoms with Gasteiger partial charge in [-0.15, -0.1) is 0 Å². The van der Waals surface area contributed by atoms with E-state index in [1.54, 1.807) is 18.7 Å². The highest BCUT2D eigenvalue weighted by molar-refractivity contribution is 5.90. The van der Waals surface area contributed by atoms with Crippen molar-refractivity contribution in [3.05, 3.63) is 0 Å². The highest BCUT2D eigenvalue weighted by Gasteiger charge is 2.36. The van der Waals surface area contributed by atoms with Crippen molar-refractivity contribution in [3.63, 3.8) is 0 Å². The lowest BCUT2D eigenvalue weighted by atomic mass is 9.90. The van der Waals surface area contributed by atoms with Gasteiger partial charge < -0.3 is 19.7 Å². The monoisotopic (exact) mass is 380 g/mol. The topological polar surface area (TPSA) is 75.7 Å². The standard InChI is InChI=1S/C21H36N2O4/c1-15(2)20(25)22-19(16(3)27-14-17-9-5-4-6-10-17)21(26)23-12-8-7-11-18(23)13-24/h13,15-19H,4-12,14H2,1-3H3,(H,22,25). The maximum Gasteiger partial charge on any atom is 0.248 e. The van der Waals surface area contributed by atoms with Crippen molar-refractivity contribution in [2.45, 2.75) is 90.3 Å². The maximum absolute atomic E-state index is 13.2. The zero-order valence-corrected chi connectivity index (χ0v) is 17.1. The molecular weight excluding hydrogens is 344 g/mol. The summed E-state index contributed by atoms with van der Waals surface area (Å²) < 4.78 is 6.05. The molecule has 6 heteroatoms. The molecule has 3 unspecified atom stereocenters. The molecular formula is C21H36N2O4. The van der Waals surface area contributed by atoms with Gasteiger partial charge in [-0.25, -0.2) is 0 Å². The van der Waals surface area contributed by atoms with Crippen molar-refractivity contribution in [3.8, 4) is 0 Å². The van der Waals surface area contributed by atoms with Crippen molar-refractivity contribution < 1.29 is 19.1 Å². The van der Waals surface area contributed by atoms with Crippen molar-refractivity contribution >= 4 is 18.1 Å². The van der Waals surface area contributed by atoms with Gasteiger partial charge in [-0.05, 0) is 44.9 Å². The Morgan fingerprint density at radius 1 is 1.07 bits per heavy atom. The van der Waals surface area contributed by atoms with Gasteiger partial charge in [0.2, 0.25) is 11.8 Å². The number of carbonyl (C=O) groups is 3. The van der Waals surface area contributed by atoms with Gasteiger partial charge in [0, 0.05) is 19.1 Å². The van der Waals surface area contributed by atoms with E-state index < -0.39 is 18.2 Å². The third kappa shape index (κ3) is 6.30. The molecule has 1 aliphatic carbocycles. The molecule has 1 aliphatic heterocycles. The molecule has 1 saturated heterocycles. The zero-order chi connectivity index (χ0) is 19.8. The largest absolute Gasteiger partial charge is 0.376 e. The van der Waals surface area contributed by atoms with Crippen LogP contribution in [0.2, 0.25) is 0 Å². The van der Waals surface area contributed by atoms with E-state index in [4.69, 9.17) is 4.74 Å². The molecule has 2 amide bonds. The van der Waals surface area contributed by atoms with Crippen LogP contribution in [0, 0.1) is 11.8 Å². The predicted molar refractivity (Wildman–Crippen MR) is 104 cm³/mol. The van der Waals surface area contributed by atoms with Crippen LogP contribution in [0.15, 0.2) is 0 Å². The second-order valence-electron chi connectivity index (χ2n) is 8.41. The van der Waals surface area contributed by atoms with Gasteiger partial charge in [-0.1, -0.05) is 33.1 Å². The van der Waals surface area contributed by atoms with E-state index in [1.165, 1.54) is 32.1 Å². The summed E-state index contributed by atoms with van der Waals surface area (Å²) in [5.41, 5.74) is 0. The highest BCUT2D eigenvalue weighted by Crippen LogP contribution is 2.25. The molecule has 1 saturated carbocycles. The summed E-state index contributed by atoms with van der Waals surface area (Å²) >= 11 is 0. The number of nitrogens with one attached hydrogen (secondary N) is 1. The molecule has 0 aromatic rings. The number of aldehydes is 1. The van der Waals surface area contributed by atoms with Crippen LogP contribution in [0.4, 0.5) is 0 Å². The second kappa shape index (κ2) is 10.8. The van der Waals surface area contributed by atoms with Crippen LogP contribution in [0.25, 0.3) is 0 Å². The predicted octanol–water partition coefficient (Wildman–Crippen LogP) is 2.69. The number of ether oxygens (including phenoxy) is 1. The van der Waals surface area contributed by atoms with E-state index in [0.29, 0.717) is 25.5 Å². The Bertz CT molecular complexity index is 502. The van der Waals surface area contributed by atoms with Crippen LogP contribution in [0.3, 0.4) is 0 Å². The molecule has 2 fully saturated rings. The van der Waals surface area contributed by atoms with Gasteiger partial charge in [0.1, 0.15) is 12.3 Å². The van der Waals surface area contributed by atoms with Crippen LogP contribution in [-0.4, -0.2) is 54.3 Å². The number of hydrogen-bond donors (Lipinski definition) is 1. The normalized spacial score (nSPS) is 23.7. The first-order valence-electron chi connectivity index (χ1n) is 10.6. The molecule has 3 atom stereocenters. The minimum absolute atomic E-state index is 0.166. The van der Waals surface area contributed by atoms with Crippen LogP contribution < -0.4 is 5.32 Å². The molecule has 0 spiro atoms. The average Bonchev–Trinajstić information content (AvgIpc) is 2.70. The summed E-state index contributed by atoms with van der Waals surface area (Å²) in [6, 6.07) is -1.14. The van der Waals surface area contributed by atoms with Gasteiger partial charge in [0.05, 0.1) is 12.1 Å². The molecule has 1 N–H and O–H groups in total. The van der Waals surface area contributed by atoms with Crippen LogP contribution in [0.5, 0.6) is 0 Å². The molecule has 1 heterocycles. The third-order valence-electron chi connectivity index (χ3n) is 5.87. The molecule has 6 nitrogen and oxygen atoms in total. The number of rotatable bonds is 8.